The molecule has 96 valence electrons. The number of fused-ring (bicyclic) bond motifs is 1. The average molecular weight is 273 g/mol. The van der Waals surface area contributed by atoms with E-state index in [9.17, 15) is 4.79 Å². The van der Waals surface area contributed by atoms with Crippen molar-refractivity contribution >= 4 is 27.5 Å². The Bertz CT molecular complexity index is 760. The maximum atomic E-state index is 10.8. The van der Waals surface area contributed by atoms with Crippen molar-refractivity contribution in [3.63, 3.8) is 0 Å². The van der Waals surface area contributed by atoms with Gasteiger partial charge >= 0.3 is 5.97 Å². The Labute approximate surface area is 112 Å². The Morgan fingerprint density at radius 1 is 1.42 bits per heavy atom. The summed E-state index contributed by atoms with van der Waals surface area (Å²) in [5.74, 6) is -1.01. The molecule has 3 rings (SSSR count). The Morgan fingerprint density at radius 2 is 2.26 bits per heavy atom. The topological polar surface area (TPSA) is 78.9 Å². The first-order valence-electron chi connectivity index (χ1n) is 5.86. The van der Waals surface area contributed by atoms with E-state index in [1.54, 1.807) is 11.3 Å². The molecule has 0 spiro atoms. The van der Waals surface area contributed by atoms with Crippen molar-refractivity contribution in [2.75, 3.05) is 0 Å². The zero-order valence-electron chi connectivity index (χ0n) is 10.2. The zero-order chi connectivity index (χ0) is 13.4. The summed E-state index contributed by atoms with van der Waals surface area (Å²) in [6.45, 7) is 2.07. The number of hydrogen-bond donors (Lipinski definition) is 2. The number of benzene rings is 1. The van der Waals surface area contributed by atoms with E-state index in [0.29, 0.717) is 5.69 Å². The van der Waals surface area contributed by atoms with E-state index in [1.165, 1.54) is 6.07 Å². The number of aryl methyl sites for hydroxylation is 1. The number of carboxylic acid groups (broad SMARTS) is 1. The van der Waals surface area contributed by atoms with Crippen molar-refractivity contribution in [1.82, 2.24) is 15.2 Å². The molecule has 2 aromatic heterocycles. The first kappa shape index (κ1) is 11.9. The number of rotatable bonds is 3. The number of aromatic carboxylic acids is 1. The van der Waals surface area contributed by atoms with Crippen LogP contribution in [-0.2, 0) is 6.42 Å². The van der Waals surface area contributed by atoms with Crippen LogP contribution in [0.2, 0.25) is 0 Å². The van der Waals surface area contributed by atoms with Gasteiger partial charge in [0.15, 0.2) is 0 Å². The van der Waals surface area contributed by atoms with Crippen LogP contribution >= 0.6 is 11.3 Å². The maximum absolute atomic E-state index is 10.8. The minimum Gasteiger partial charge on any atom is -0.477 e. The van der Waals surface area contributed by atoms with Crippen LogP contribution in [0.15, 0.2) is 24.3 Å². The van der Waals surface area contributed by atoms with Crippen molar-refractivity contribution in [2.24, 2.45) is 0 Å². The first-order chi connectivity index (χ1) is 9.17. The predicted octanol–water partition coefficient (Wildman–Crippen LogP) is 2.95. The van der Waals surface area contributed by atoms with Crippen LogP contribution < -0.4 is 0 Å². The van der Waals surface area contributed by atoms with E-state index < -0.39 is 5.97 Å². The molecule has 2 heterocycles. The number of nitrogens with one attached hydrogen (secondary N) is 1. The molecule has 1 aromatic carbocycles. The molecule has 6 heteroatoms. The molecule has 3 aromatic rings. The van der Waals surface area contributed by atoms with Crippen LogP contribution in [0.25, 0.3) is 21.5 Å². The summed E-state index contributed by atoms with van der Waals surface area (Å²) in [5.41, 5.74) is 2.58. The molecule has 0 radical (unpaired) electrons. The third kappa shape index (κ3) is 2.10. The number of carboxylic acids is 1. The fourth-order valence-corrected chi connectivity index (χ4v) is 2.81. The van der Waals surface area contributed by atoms with E-state index in [4.69, 9.17) is 5.11 Å². The van der Waals surface area contributed by atoms with Crippen molar-refractivity contribution in [1.29, 1.82) is 0 Å². The van der Waals surface area contributed by atoms with E-state index in [0.717, 1.165) is 27.2 Å². The fourth-order valence-electron chi connectivity index (χ4n) is 1.86. The quantitative estimate of drug-likeness (QED) is 0.769. The molecule has 0 aliphatic carbocycles. The van der Waals surface area contributed by atoms with Gasteiger partial charge in [-0.3, -0.25) is 5.10 Å². The summed E-state index contributed by atoms with van der Waals surface area (Å²) in [6, 6.07) is 7.37. The molecule has 0 aliphatic heterocycles. The average Bonchev–Trinajstić information content (AvgIpc) is 3.04. The normalized spacial score (nSPS) is 11.0. The highest BCUT2D eigenvalue weighted by Gasteiger charge is 2.10. The molecule has 5 nitrogen and oxygen atoms in total. The highest BCUT2D eigenvalue weighted by molar-refractivity contribution is 7.18. The lowest BCUT2D eigenvalue weighted by Gasteiger charge is -1.95. The second-order valence-corrected chi connectivity index (χ2v) is 5.23. The number of H-pyrrole nitrogens is 1. The van der Waals surface area contributed by atoms with Gasteiger partial charge in [0.25, 0.3) is 0 Å². The van der Waals surface area contributed by atoms with Crippen LogP contribution in [0.1, 0.15) is 22.4 Å². The van der Waals surface area contributed by atoms with Crippen LogP contribution in [-0.4, -0.2) is 26.3 Å². The molecule has 0 amide bonds. The second-order valence-electron chi connectivity index (χ2n) is 4.12. The largest absolute Gasteiger partial charge is 0.477 e. The monoisotopic (exact) mass is 273 g/mol. The highest BCUT2D eigenvalue weighted by Crippen LogP contribution is 2.27. The van der Waals surface area contributed by atoms with Crippen molar-refractivity contribution in [3.05, 3.63) is 35.0 Å². The number of nitrogens with zero attached hydrogens (tertiary/aromatic N) is 2. The molecular weight excluding hydrogens is 262 g/mol. The van der Waals surface area contributed by atoms with Crippen LogP contribution in [0.3, 0.4) is 0 Å². The van der Waals surface area contributed by atoms with Gasteiger partial charge in [0.2, 0.25) is 0 Å². The molecule has 0 saturated heterocycles. The predicted molar refractivity (Wildman–Crippen MR) is 73.5 cm³/mol. The molecule has 0 fully saturated rings. The zero-order valence-corrected chi connectivity index (χ0v) is 11.0. The van der Waals surface area contributed by atoms with Gasteiger partial charge in [-0.05, 0) is 24.6 Å². The van der Waals surface area contributed by atoms with Crippen molar-refractivity contribution in [2.45, 2.75) is 13.3 Å². The van der Waals surface area contributed by atoms with Gasteiger partial charge in [-0.1, -0.05) is 13.0 Å². The van der Waals surface area contributed by atoms with Crippen LogP contribution in [0, 0.1) is 0 Å². The third-order valence-electron chi connectivity index (χ3n) is 2.84. The molecule has 0 saturated carbocycles. The van der Waals surface area contributed by atoms with Gasteiger partial charge in [-0.2, -0.15) is 5.10 Å². The summed E-state index contributed by atoms with van der Waals surface area (Å²) in [6.07, 6.45) is 0.917. The standard InChI is InChI=1S/C13H11N3O2S/c1-2-12-14-8-4-3-7(5-11(8)19-12)9-6-10(13(17)18)16-15-9/h3-6H,2H2,1H3,(H,15,16)(H,17,18). The smallest absolute Gasteiger partial charge is 0.353 e. The number of thiazole rings is 1. The summed E-state index contributed by atoms with van der Waals surface area (Å²) in [5, 5.41) is 16.5. The van der Waals surface area contributed by atoms with Crippen molar-refractivity contribution < 1.29 is 9.90 Å². The van der Waals surface area contributed by atoms with E-state index >= 15 is 0 Å². The minimum atomic E-state index is -1.01. The minimum absolute atomic E-state index is 0.0913. The summed E-state index contributed by atoms with van der Waals surface area (Å²) >= 11 is 1.65. The van der Waals surface area contributed by atoms with Gasteiger partial charge in [-0.15, -0.1) is 11.3 Å². The van der Waals surface area contributed by atoms with Crippen molar-refractivity contribution in [3.8, 4) is 11.3 Å². The Hall–Kier alpha value is -2.21. The van der Waals surface area contributed by atoms with Gasteiger partial charge in [0.1, 0.15) is 5.69 Å². The molecule has 0 bridgehead atoms. The Balaban J connectivity index is 2.06. The van der Waals surface area contributed by atoms with Gasteiger partial charge in [0.05, 0.1) is 20.9 Å². The molecule has 0 atom stereocenters. The summed E-state index contributed by atoms with van der Waals surface area (Å²) in [4.78, 5) is 15.3. The van der Waals surface area contributed by atoms with Crippen LogP contribution in [0.5, 0.6) is 0 Å². The van der Waals surface area contributed by atoms with Gasteiger partial charge in [0, 0.05) is 5.56 Å². The Morgan fingerprint density at radius 3 is 2.95 bits per heavy atom. The van der Waals surface area contributed by atoms with E-state index in [2.05, 4.69) is 22.1 Å². The SMILES string of the molecule is CCc1nc2ccc(-c3cc(C(=O)O)[nH]n3)cc2s1. The van der Waals surface area contributed by atoms with Gasteiger partial charge < -0.3 is 5.11 Å². The second kappa shape index (κ2) is 4.47. The Kier molecular flexibility index (Phi) is 2.79. The molecule has 0 unspecified atom stereocenters. The fraction of sp³-hybridized carbons (Fsp3) is 0.154. The molecule has 2 N–H and O–H groups in total. The number of hydrogen-bond acceptors (Lipinski definition) is 4. The number of aromatic nitrogens is 3. The van der Waals surface area contributed by atoms with E-state index in [-0.39, 0.29) is 5.69 Å². The first-order valence-corrected chi connectivity index (χ1v) is 6.67. The molecule has 19 heavy (non-hydrogen) atoms. The molecule has 0 aliphatic rings. The summed E-state index contributed by atoms with van der Waals surface area (Å²) in [7, 11) is 0. The molecular formula is C13H11N3O2S. The lowest BCUT2D eigenvalue weighted by molar-refractivity contribution is 0.0690. The third-order valence-corrected chi connectivity index (χ3v) is 4.00. The number of aromatic amines is 1. The van der Waals surface area contributed by atoms with Crippen LogP contribution in [0.4, 0.5) is 0 Å². The van der Waals surface area contributed by atoms with Gasteiger partial charge in [-0.25, -0.2) is 9.78 Å². The maximum Gasteiger partial charge on any atom is 0.353 e. The highest BCUT2D eigenvalue weighted by atomic mass is 32.1. The summed E-state index contributed by atoms with van der Waals surface area (Å²) < 4.78 is 1.09. The van der Waals surface area contributed by atoms with E-state index in [1.807, 2.05) is 18.2 Å². The number of carbonyl (C=O) groups is 1. The lowest BCUT2D eigenvalue weighted by atomic mass is 10.1. The lowest BCUT2D eigenvalue weighted by Crippen LogP contribution is -1.95.